The molecule has 0 unspecified atom stereocenters. The largest absolute Gasteiger partial charge is 0.389 e. The van der Waals surface area contributed by atoms with Crippen LogP contribution in [0.5, 0.6) is 0 Å². The Labute approximate surface area is 73.8 Å². The molecule has 1 rings (SSSR count). The van der Waals surface area contributed by atoms with Gasteiger partial charge < -0.3 is 5.11 Å². The zero-order valence-electron chi connectivity index (χ0n) is 8.13. The molecule has 66 valence electrons. The normalized spacial score (nSPS) is 12.0. The van der Waals surface area contributed by atoms with Gasteiger partial charge in [0.2, 0.25) is 0 Å². The Morgan fingerprint density at radius 3 is 2.58 bits per heavy atom. The average molecular weight is 166 g/mol. The van der Waals surface area contributed by atoms with E-state index in [0.717, 1.165) is 5.69 Å². The van der Waals surface area contributed by atoms with Crippen molar-refractivity contribution in [1.29, 1.82) is 0 Å². The van der Waals surface area contributed by atoms with Gasteiger partial charge in [0, 0.05) is 6.20 Å². The third-order valence-electron chi connectivity index (χ3n) is 1.74. The second-order valence-electron chi connectivity index (χ2n) is 3.91. The Balaban J connectivity index is 2.77. The van der Waals surface area contributed by atoms with E-state index in [4.69, 9.17) is 0 Å². The van der Waals surface area contributed by atoms with Gasteiger partial charge >= 0.3 is 0 Å². The molecule has 1 N–H and O–H groups in total. The molecule has 3 nitrogen and oxygen atoms in total. The average Bonchev–Trinajstić information content (AvgIpc) is 2.07. The molecule has 1 aromatic heterocycles. The lowest BCUT2D eigenvalue weighted by molar-refractivity contribution is 0.0577. The molecule has 0 amide bonds. The predicted octanol–water partition coefficient (Wildman–Crippen LogP) is -0.779. The van der Waals surface area contributed by atoms with E-state index in [1.807, 2.05) is 21.0 Å². The summed E-state index contributed by atoms with van der Waals surface area (Å²) in [5, 5.41) is 13.8. The second-order valence-corrected chi connectivity index (χ2v) is 3.91. The molecule has 0 atom stereocenters. The number of hydrogen-bond donors (Lipinski definition) is 1. The van der Waals surface area contributed by atoms with Crippen LogP contribution >= 0.6 is 0 Å². The van der Waals surface area contributed by atoms with Gasteiger partial charge in [0.25, 0.3) is 0 Å². The van der Waals surface area contributed by atoms with Gasteiger partial charge in [-0.1, -0.05) is 0 Å². The maximum absolute atomic E-state index is 9.51. The molecule has 1 aromatic rings. The van der Waals surface area contributed by atoms with Crippen LogP contribution in [0.1, 0.15) is 19.5 Å². The van der Waals surface area contributed by atoms with Gasteiger partial charge in [0.15, 0.2) is 0 Å². The highest BCUT2D eigenvalue weighted by molar-refractivity contribution is 6.32. The van der Waals surface area contributed by atoms with Crippen LogP contribution in [-0.4, -0.2) is 28.3 Å². The van der Waals surface area contributed by atoms with E-state index >= 15 is 0 Å². The van der Waals surface area contributed by atoms with Crippen molar-refractivity contribution >= 4 is 13.3 Å². The molecule has 4 heteroatoms. The van der Waals surface area contributed by atoms with Crippen molar-refractivity contribution in [3.8, 4) is 0 Å². The highest BCUT2D eigenvalue weighted by atomic mass is 16.3. The summed E-state index contributed by atoms with van der Waals surface area (Å²) < 4.78 is 1.78. The van der Waals surface area contributed by atoms with Gasteiger partial charge in [0.1, 0.15) is 7.85 Å². The minimum atomic E-state index is -0.690. The number of aryl methyl sites for hydroxylation is 1. The standard InChI is InChI=1S/C8H15BN2O/c1-6-7(9)4-11(10-6)5-8(2,3)12/h4,12H,5,9H2,1-3H3. The summed E-state index contributed by atoms with van der Waals surface area (Å²) in [4.78, 5) is 0. The van der Waals surface area contributed by atoms with Crippen LogP contribution in [-0.2, 0) is 6.54 Å². The quantitative estimate of drug-likeness (QED) is 0.585. The topological polar surface area (TPSA) is 38.0 Å². The van der Waals surface area contributed by atoms with Crippen molar-refractivity contribution in [2.75, 3.05) is 0 Å². The Morgan fingerprint density at radius 1 is 1.67 bits per heavy atom. The first kappa shape index (κ1) is 9.32. The molecule has 0 aliphatic rings. The van der Waals surface area contributed by atoms with Crippen LogP contribution in [0.4, 0.5) is 0 Å². The van der Waals surface area contributed by atoms with Gasteiger partial charge in [-0.3, -0.25) is 4.68 Å². The smallest absolute Gasteiger partial charge is 0.143 e. The molecule has 1 heterocycles. The van der Waals surface area contributed by atoms with Crippen LogP contribution in [0.25, 0.3) is 0 Å². The zero-order valence-corrected chi connectivity index (χ0v) is 8.13. The van der Waals surface area contributed by atoms with E-state index in [0.29, 0.717) is 6.54 Å². The zero-order chi connectivity index (χ0) is 9.35. The number of aromatic nitrogens is 2. The summed E-state index contributed by atoms with van der Waals surface area (Å²) in [5.74, 6) is 0. The van der Waals surface area contributed by atoms with E-state index in [1.165, 1.54) is 5.46 Å². The Kier molecular flexibility index (Phi) is 2.28. The fourth-order valence-corrected chi connectivity index (χ4v) is 1.09. The molecule has 0 fully saturated rings. The van der Waals surface area contributed by atoms with Crippen molar-refractivity contribution < 1.29 is 5.11 Å². The number of hydrogen-bond acceptors (Lipinski definition) is 2. The number of nitrogens with zero attached hydrogens (tertiary/aromatic N) is 2. The molecule has 0 radical (unpaired) electrons. The van der Waals surface area contributed by atoms with E-state index in [2.05, 4.69) is 5.10 Å². The Morgan fingerprint density at radius 2 is 2.25 bits per heavy atom. The van der Waals surface area contributed by atoms with Gasteiger partial charge in [-0.2, -0.15) is 5.10 Å². The maximum atomic E-state index is 9.51. The predicted molar refractivity (Wildman–Crippen MR) is 51.4 cm³/mol. The SMILES string of the molecule is Bc1cn(CC(C)(C)O)nc1C. The molecular formula is C8H15BN2O. The van der Waals surface area contributed by atoms with E-state index in [1.54, 1.807) is 18.5 Å². The number of rotatable bonds is 2. The highest BCUT2D eigenvalue weighted by Gasteiger charge is 2.14. The molecule has 0 saturated heterocycles. The molecule has 0 spiro atoms. The second kappa shape index (κ2) is 2.94. The van der Waals surface area contributed by atoms with Crippen molar-refractivity contribution in [2.45, 2.75) is 32.9 Å². The Hall–Kier alpha value is -0.765. The first-order valence-electron chi connectivity index (χ1n) is 4.11. The summed E-state index contributed by atoms with van der Waals surface area (Å²) in [6, 6.07) is 0. The third kappa shape index (κ3) is 2.38. The summed E-state index contributed by atoms with van der Waals surface area (Å²) in [7, 11) is 2.02. The highest BCUT2D eigenvalue weighted by Crippen LogP contribution is 2.03. The van der Waals surface area contributed by atoms with Gasteiger partial charge in [0.05, 0.1) is 17.8 Å². The van der Waals surface area contributed by atoms with Crippen LogP contribution in [0.15, 0.2) is 6.20 Å². The van der Waals surface area contributed by atoms with E-state index < -0.39 is 5.60 Å². The lowest BCUT2D eigenvalue weighted by atomic mass is 9.98. The first-order chi connectivity index (χ1) is 5.38. The van der Waals surface area contributed by atoms with Crippen molar-refractivity contribution in [3.05, 3.63) is 11.9 Å². The van der Waals surface area contributed by atoms with Crippen molar-refractivity contribution in [3.63, 3.8) is 0 Å². The molecular weight excluding hydrogens is 151 g/mol. The third-order valence-corrected chi connectivity index (χ3v) is 1.74. The molecule has 0 aromatic carbocycles. The van der Waals surface area contributed by atoms with Crippen LogP contribution in [0, 0.1) is 6.92 Å². The fourth-order valence-electron chi connectivity index (χ4n) is 1.09. The van der Waals surface area contributed by atoms with Crippen molar-refractivity contribution in [1.82, 2.24) is 9.78 Å². The van der Waals surface area contributed by atoms with Crippen molar-refractivity contribution in [2.24, 2.45) is 0 Å². The van der Waals surface area contributed by atoms with Gasteiger partial charge in [-0.05, 0) is 26.2 Å². The molecule has 0 aliphatic carbocycles. The van der Waals surface area contributed by atoms with Gasteiger partial charge in [-0.15, -0.1) is 0 Å². The van der Waals surface area contributed by atoms with E-state index in [9.17, 15) is 5.11 Å². The number of aliphatic hydroxyl groups is 1. The summed E-state index contributed by atoms with van der Waals surface area (Å²) in [6.45, 7) is 6.07. The molecule has 0 aliphatic heterocycles. The summed E-state index contributed by atoms with van der Waals surface area (Å²) in [5.41, 5.74) is 1.50. The lowest BCUT2D eigenvalue weighted by Gasteiger charge is -2.16. The molecule has 12 heavy (non-hydrogen) atoms. The maximum Gasteiger partial charge on any atom is 0.143 e. The molecule has 0 saturated carbocycles. The summed E-state index contributed by atoms with van der Waals surface area (Å²) >= 11 is 0. The van der Waals surface area contributed by atoms with Crippen LogP contribution in [0.2, 0.25) is 0 Å². The Bertz CT molecular complexity index is 256. The fraction of sp³-hybridized carbons (Fsp3) is 0.625. The van der Waals surface area contributed by atoms with Crippen LogP contribution in [0.3, 0.4) is 0 Å². The lowest BCUT2D eigenvalue weighted by Crippen LogP contribution is -2.26. The minimum absolute atomic E-state index is 0.543. The van der Waals surface area contributed by atoms with Gasteiger partial charge in [-0.25, -0.2) is 0 Å². The summed E-state index contributed by atoms with van der Waals surface area (Å²) in [6.07, 6.45) is 1.95. The van der Waals surface area contributed by atoms with E-state index in [-0.39, 0.29) is 0 Å². The first-order valence-corrected chi connectivity index (χ1v) is 4.11. The minimum Gasteiger partial charge on any atom is -0.389 e. The monoisotopic (exact) mass is 166 g/mol. The molecule has 0 bridgehead atoms. The van der Waals surface area contributed by atoms with Crippen LogP contribution < -0.4 is 5.46 Å².